The zero-order chi connectivity index (χ0) is 50.8. The molecule has 72 heavy (non-hydrogen) atoms. The second-order valence-electron chi connectivity index (χ2n) is 14.0. The average Bonchev–Trinajstić information content (AvgIpc) is 3.33. The van der Waals surface area contributed by atoms with Gasteiger partial charge in [-0.25, -0.2) is 28.3 Å². The highest BCUT2D eigenvalue weighted by molar-refractivity contribution is 6.38. The van der Waals surface area contributed by atoms with Crippen molar-refractivity contribution in [2.75, 3.05) is 25.5 Å². The summed E-state index contributed by atoms with van der Waals surface area (Å²) in [7, 11) is 1.32. The van der Waals surface area contributed by atoms with Gasteiger partial charge in [0.05, 0.1) is 38.1 Å². The Morgan fingerprint density at radius 3 is 1.51 bits per heavy atom. The van der Waals surface area contributed by atoms with Crippen molar-refractivity contribution in [2.45, 2.75) is 45.9 Å². The Morgan fingerprint density at radius 1 is 0.639 bits per heavy atom. The van der Waals surface area contributed by atoms with Gasteiger partial charge in [-0.3, -0.25) is 19.1 Å². The Labute approximate surface area is 442 Å². The van der Waals surface area contributed by atoms with Crippen LogP contribution in [0.5, 0.6) is 11.5 Å². The highest BCUT2D eigenvalue weighted by Crippen LogP contribution is 2.41. The number of ether oxygens (including phenoxy) is 4. The van der Waals surface area contributed by atoms with Crippen LogP contribution in [0.25, 0.3) is 22.3 Å². The van der Waals surface area contributed by atoms with Crippen molar-refractivity contribution in [3.05, 3.63) is 175 Å². The maximum Gasteiger partial charge on any atom is 0.513 e. The van der Waals surface area contributed by atoms with Crippen molar-refractivity contribution in [3.8, 4) is 33.8 Å². The number of methoxy groups -OCH3 is 1. The zero-order valence-corrected chi connectivity index (χ0v) is 42.1. The molecule has 5 N–H and O–H groups in total. The number of hydrogen-bond acceptors (Lipinski definition) is 9. The van der Waals surface area contributed by atoms with Gasteiger partial charge in [-0.1, -0.05) is 127 Å². The molecule has 6 aromatic rings. The number of nitrogens with two attached hydrogens (primary N) is 1. The van der Waals surface area contributed by atoms with Crippen molar-refractivity contribution in [2.24, 2.45) is 5.90 Å². The molecule has 6 rings (SSSR count). The molecule has 11 nitrogen and oxygen atoms in total. The van der Waals surface area contributed by atoms with Gasteiger partial charge in [0, 0.05) is 25.3 Å². The summed E-state index contributed by atoms with van der Waals surface area (Å²) in [6.45, 7) is 3.56. The van der Waals surface area contributed by atoms with Gasteiger partial charge in [0.2, 0.25) is 0 Å². The van der Waals surface area contributed by atoms with Crippen molar-refractivity contribution >= 4 is 87.6 Å². The van der Waals surface area contributed by atoms with Crippen LogP contribution in [0.2, 0.25) is 20.1 Å². The quantitative estimate of drug-likeness (QED) is 0.0193. The zero-order valence-electron chi connectivity index (χ0n) is 37.6. The minimum absolute atomic E-state index is 0. The van der Waals surface area contributed by atoms with Crippen LogP contribution in [0.4, 0.5) is 27.1 Å². The Morgan fingerprint density at radius 2 is 1.10 bits per heavy atom. The molecule has 22 heteroatoms. The number of alkyl halides is 2. The van der Waals surface area contributed by atoms with Crippen LogP contribution in [0, 0.1) is 23.3 Å². The number of carbonyl (C=O) groups excluding carboxylic acids is 3. The molecule has 0 radical (unpaired) electrons. The van der Waals surface area contributed by atoms with Crippen LogP contribution in [0.3, 0.4) is 0 Å². The average molecular weight is 1130 g/mol. The molecule has 0 aliphatic rings. The molecule has 0 bridgehead atoms. The van der Waals surface area contributed by atoms with E-state index in [0.29, 0.717) is 11.1 Å². The van der Waals surface area contributed by atoms with Crippen LogP contribution in [-0.4, -0.2) is 55.2 Å². The fraction of sp³-hybridized carbons (Fsp3) is 0.220. The Hall–Kier alpha value is -5.24. The van der Waals surface area contributed by atoms with Gasteiger partial charge in [-0.15, -0.1) is 23.2 Å². The predicted octanol–water partition coefficient (Wildman–Crippen LogP) is 14.3. The highest BCUT2D eigenvalue weighted by Gasteiger charge is 2.30. The van der Waals surface area contributed by atoms with Crippen LogP contribution in [0.15, 0.2) is 115 Å². The minimum atomic E-state index is -1.13. The summed E-state index contributed by atoms with van der Waals surface area (Å²) in [4.78, 5) is 39.3. The normalized spacial score (nSPS) is 11.5. The monoisotopic (exact) mass is 1130 g/mol. The topological polar surface area (TPSA) is 167 Å². The SMILES string of the molecule is C.CCC(=O)Oc1c(Cl)cc(-c2ccc(C(CCl)C(ON)c3c(F)cccc3F)cc2)cc1Cl.CCOC(=O)Oc1c(Cl)cc(-c2ccccc2)cc1Cl.COC(CCl)NC(=O)c1c(F)cccc1F.F.O. The number of nitrogens with one attached hydrogen (secondary N) is 1. The Bertz CT molecular complexity index is 2610. The first-order valence-electron chi connectivity index (χ1n) is 20.4. The maximum atomic E-state index is 14.3. The smallest absolute Gasteiger partial charge is 0.434 e. The lowest BCUT2D eigenvalue weighted by atomic mass is 9.89. The van der Waals surface area contributed by atoms with Gasteiger partial charge in [0.15, 0.2) is 11.5 Å². The maximum absolute atomic E-state index is 14.3. The fourth-order valence-electron chi connectivity index (χ4n) is 6.20. The van der Waals surface area contributed by atoms with Crippen LogP contribution >= 0.6 is 69.6 Å². The molecule has 0 aliphatic carbocycles. The van der Waals surface area contributed by atoms with E-state index < -0.39 is 65.1 Å². The van der Waals surface area contributed by atoms with Crippen molar-refractivity contribution in [1.29, 1.82) is 0 Å². The van der Waals surface area contributed by atoms with E-state index in [1.54, 1.807) is 62.4 Å². The molecule has 3 atom stereocenters. The summed E-state index contributed by atoms with van der Waals surface area (Å²) in [6, 6.07) is 30.0. The van der Waals surface area contributed by atoms with Gasteiger partial charge in [0.1, 0.15) is 41.2 Å². The van der Waals surface area contributed by atoms with E-state index in [4.69, 9.17) is 99.3 Å². The second-order valence-corrected chi connectivity index (χ2v) is 16.3. The van der Waals surface area contributed by atoms with Gasteiger partial charge >= 0.3 is 12.1 Å². The highest BCUT2D eigenvalue weighted by atomic mass is 35.5. The summed E-state index contributed by atoms with van der Waals surface area (Å²) >= 11 is 36.4. The van der Waals surface area contributed by atoms with E-state index >= 15 is 0 Å². The van der Waals surface area contributed by atoms with Crippen LogP contribution in [0.1, 0.15) is 61.2 Å². The number of rotatable bonds is 15. The lowest BCUT2D eigenvalue weighted by molar-refractivity contribution is -0.134. The molecule has 0 saturated carbocycles. The summed E-state index contributed by atoms with van der Waals surface area (Å²) in [6.07, 6.45) is -2.56. The molecule has 0 aliphatic heterocycles. The molecule has 1 amide bonds. The Balaban J connectivity index is 0.000000571. The summed E-state index contributed by atoms with van der Waals surface area (Å²) in [5, 5.41) is 3.13. The first kappa shape index (κ1) is 64.8. The summed E-state index contributed by atoms with van der Waals surface area (Å²) in [5.41, 5.74) is 2.99. The van der Waals surface area contributed by atoms with E-state index in [9.17, 15) is 31.9 Å². The third kappa shape index (κ3) is 17.8. The molecule has 6 aromatic carbocycles. The molecular weight excluding hydrogens is 1080 g/mol. The molecule has 0 fully saturated rings. The van der Waals surface area contributed by atoms with Crippen molar-refractivity contribution < 1.29 is 65.9 Å². The lowest BCUT2D eigenvalue weighted by Crippen LogP contribution is -2.38. The molecule has 390 valence electrons. The van der Waals surface area contributed by atoms with Gasteiger partial charge in [0.25, 0.3) is 5.91 Å². The summed E-state index contributed by atoms with van der Waals surface area (Å²) in [5.74, 6) is 0.223. The van der Waals surface area contributed by atoms with Crippen LogP contribution < -0.4 is 20.7 Å². The van der Waals surface area contributed by atoms with E-state index in [2.05, 4.69) is 5.32 Å². The lowest BCUT2D eigenvalue weighted by Gasteiger charge is -2.25. The van der Waals surface area contributed by atoms with E-state index in [1.165, 1.54) is 19.2 Å². The van der Waals surface area contributed by atoms with E-state index in [1.807, 2.05) is 30.3 Å². The number of carbonyl (C=O) groups is 3. The molecule has 0 saturated heterocycles. The van der Waals surface area contributed by atoms with Gasteiger partial charge in [-0.05, 0) is 83.3 Å². The van der Waals surface area contributed by atoms with Crippen molar-refractivity contribution in [1.82, 2.24) is 5.32 Å². The molecule has 3 unspecified atom stereocenters. The predicted molar refractivity (Wildman–Crippen MR) is 273 cm³/mol. The molecule has 0 spiro atoms. The van der Waals surface area contributed by atoms with Gasteiger partial charge < -0.3 is 29.7 Å². The number of halogens is 11. The summed E-state index contributed by atoms with van der Waals surface area (Å²) < 4.78 is 74.6. The number of hydrogen-bond donors (Lipinski definition) is 2. The van der Waals surface area contributed by atoms with Crippen LogP contribution in [-0.2, 0) is 19.1 Å². The van der Waals surface area contributed by atoms with E-state index in [0.717, 1.165) is 41.0 Å². The van der Waals surface area contributed by atoms with Crippen molar-refractivity contribution in [3.63, 3.8) is 0 Å². The molecule has 0 aromatic heterocycles. The third-order valence-corrected chi connectivity index (χ3v) is 11.3. The third-order valence-electron chi connectivity index (χ3n) is 9.60. The first-order chi connectivity index (χ1) is 33.0. The fourth-order valence-corrected chi connectivity index (χ4v) is 7.87. The number of benzene rings is 6. The van der Waals surface area contributed by atoms with E-state index in [-0.39, 0.29) is 79.5 Å². The minimum Gasteiger partial charge on any atom is -0.434 e. The Kier molecular flexibility index (Phi) is 28.8. The molecule has 0 heterocycles. The second kappa shape index (κ2) is 32.1. The standard InChI is InChI=1S/C24H20Cl3F2NO3.C15H12Cl2O3.C10H10ClF2NO2.CH4.FH.H2O/c1-2-21(31)32-24-17(26)10-15(11-18(24)27)13-6-8-14(9-7-13)16(12-25)23(33-30)22-19(28)4-3-5-20(22)29;1-2-19-15(18)20-14-12(16)8-11(9-13(14)17)10-6-4-3-5-7-10;1-16-8(5-11)14-10(15)9-6(12)3-2-4-7(9)13;;;/h3-11,16,23H,2,12,30H2,1H3;3-9H,2H2,1H3;2-4,8H,5H2,1H3,(H,14,15);1H4;1H;1H2. The number of esters is 1. The van der Waals surface area contributed by atoms with Gasteiger partial charge in [-0.2, -0.15) is 0 Å². The number of amides is 1. The largest absolute Gasteiger partial charge is 0.513 e. The first-order valence-corrected chi connectivity index (χ1v) is 23.0. The molecular formula is C50H49Cl6F5N2O9.